The van der Waals surface area contributed by atoms with Crippen LogP contribution in [0.15, 0.2) is 53.4 Å². The molecule has 0 aromatic heterocycles. The highest BCUT2D eigenvalue weighted by Crippen LogP contribution is 2.23. The fourth-order valence-corrected chi connectivity index (χ4v) is 4.72. The Balaban J connectivity index is 1.43. The topological polar surface area (TPSA) is 84.9 Å². The Hall–Kier alpha value is -2.58. The standard InChI is InChI=1S/C22H28N2O5S/c1-17-7-3-4-8-21(17)29-18(2)22(25)23-13-16-28-19-9-11-20(12-10-19)30(26,27)24-14-5-6-15-24/h3-4,7-12,18H,5-6,13-16H2,1-2H3,(H,23,25)/t18-/m1/s1. The lowest BCUT2D eigenvalue weighted by molar-refractivity contribution is -0.127. The third kappa shape index (κ3) is 5.52. The van der Waals surface area contributed by atoms with Gasteiger partial charge in [-0.25, -0.2) is 8.42 Å². The van der Waals surface area contributed by atoms with Crippen molar-refractivity contribution in [3.63, 3.8) is 0 Å². The lowest BCUT2D eigenvalue weighted by Crippen LogP contribution is -2.38. The van der Waals surface area contributed by atoms with Crippen LogP contribution in [0.3, 0.4) is 0 Å². The molecule has 162 valence electrons. The molecule has 2 aromatic carbocycles. The summed E-state index contributed by atoms with van der Waals surface area (Å²) in [5.74, 6) is 1.00. The first-order valence-corrected chi connectivity index (χ1v) is 11.5. The maximum atomic E-state index is 12.5. The molecule has 1 amide bonds. The fraction of sp³-hybridized carbons (Fsp3) is 0.409. The van der Waals surface area contributed by atoms with Crippen LogP contribution < -0.4 is 14.8 Å². The number of hydrogen-bond donors (Lipinski definition) is 1. The molecule has 1 aliphatic heterocycles. The summed E-state index contributed by atoms with van der Waals surface area (Å²) in [7, 11) is -3.42. The first-order chi connectivity index (χ1) is 14.4. The summed E-state index contributed by atoms with van der Waals surface area (Å²) >= 11 is 0. The Morgan fingerprint density at radius 2 is 1.77 bits per heavy atom. The molecule has 2 aromatic rings. The number of ether oxygens (including phenoxy) is 2. The van der Waals surface area contributed by atoms with Gasteiger partial charge in [0.2, 0.25) is 10.0 Å². The van der Waals surface area contributed by atoms with E-state index in [1.165, 1.54) is 4.31 Å². The minimum absolute atomic E-state index is 0.228. The van der Waals surface area contributed by atoms with Gasteiger partial charge in [0, 0.05) is 13.1 Å². The van der Waals surface area contributed by atoms with Gasteiger partial charge in [0.15, 0.2) is 6.10 Å². The van der Waals surface area contributed by atoms with Crippen molar-refractivity contribution < 1.29 is 22.7 Å². The van der Waals surface area contributed by atoms with E-state index < -0.39 is 16.1 Å². The smallest absolute Gasteiger partial charge is 0.260 e. The average molecular weight is 433 g/mol. The maximum absolute atomic E-state index is 12.5. The monoisotopic (exact) mass is 432 g/mol. The quantitative estimate of drug-likeness (QED) is 0.616. The molecular formula is C22H28N2O5S. The molecular weight excluding hydrogens is 404 g/mol. The van der Waals surface area contributed by atoms with Crippen molar-refractivity contribution in [1.29, 1.82) is 0 Å². The number of sulfonamides is 1. The summed E-state index contributed by atoms with van der Waals surface area (Å²) in [6.07, 6.45) is 1.18. The first kappa shape index (κ1) is 22.1. The highest BCUT2D eigenvalue weighted by Gasteiger charge is 2.26. The lowest BCUT2D eigenvalue weighted by atomic mass is 10.2. The second-order valence-corrected chi connectivity index (χ2v) is 9.19. The van der Waals surface area contributed by atoms with E-state index in [-0.39, 0.29) is 17.4 Å². The van der Waals surface area contributed by atoms with E-state index in [1.54, 1.807) is 31.2 Å². The molecule has 0 aliphatic carbocycles. The van der Waals surface area contributed by atoms with Crippen molar-refractivity contribution in [2.24, 2.45) is 0 Å². The number of para-hydroxylation sites is 1. The third-order valence-corrected chi connectivity index (χ3v) is 6.88. The molecule has 8 heteroatoms. The number of nitrogens with one attached hydrogen (secondary N) is 1. The van der Waals surface area contributed by atoms with Crippen molar-refractivity contribution in [3.8, 4) is 11.5 Å². The summed E-state index contributed by atoms with van der Waals surface area (Å²) in [5, 5.41) is 2.77. The summed E-state index contributed by atoms with van der Waals surface area (Å²) in [4.78, 5) is 12.5. The number of carbonyl (C=O) groups excluding carboxylic acids is 1. The largest absolute Gasteiger partial charge is 0.492 e. The Morgan fingerprint density at radius 3 is 2.43 bits per heavy atom. The second-order valence-electron chi connectivity index (χ2n) is 7.25. The normalized spacial score (nSPS) is 15.5. The predicted octanol–water partition coefficient (Wildman–Crippen LogP) is 2.74. The second kappa shape index (κ2) is 9.95. The van der Waals surface area contributed by atoms with Crippen LogP contribution >= 0.6 is 0 Å². The maximum Gasteiger partial charge on any atom is 0.260 e. The van der Waals surface area contributed by atoms with E-state index >= 15 is 0 Å². The third-order valence-electron chi connectivity index (χ3n) is 4.96. The summed E-state index contributed by atoms with van der Waals surface area (Å²) in [6, 6.07) is 13.9. The van der Waals surface area contributed by atoms with E-state index in [0.29, 0.717) is 31.1 Å². The highest BCUT2D eigenvalue weighted by molar-refractivity contribution is 7.89. The molecule has 0 saturated carbocycles. The minimum Gasteiger partial charge on any atom is -0.492 e. The molecule has 1 heterocycles. The van der Waals surface area contributed by atoms with E-state index in [4.69, 9.17) is 9.47 Å². The Morgan fingerprint density at radius 1 is 1.10 bits per heavy atom. The van der Waals surface area contributed by atoms with Gasteiger partial charge in [-0.3, -0.25) is 4.79 Å². The number of benzene rings is 2. The summed E-state index contributed by atoms with van der Waals surface area (Å²) in [5.41, 5.74) is 0.968. The van der Waals surface area contributed by atoms with Crippen LogP contribution in [0.1, 0.15) is 25.3 Å². The number of rotatable bonds is 9. The number of nitrogens with zero attached hydrogens (tertiary/aromatic N) is 1. The van der Waals surface area contributed by atoms with Crippen LogP contribution in [0.5, 0.6) is 11.5 Å². The molecule has 1 N–H and O–H groups in total. The first-order valence-electron chi connectivity index (χ1n) is 10.1. The van der Waals surface area contributed by atoms with Gasteiger partial charge in [0.25, 0.3) is 5.91 Å². The lowest BCUT2D eigenvalue weighted by Gasteiger charge is -2.17. The van der Waals surface area contributed by atoms with E-state index in [9.17, 15) is 13.2 Å². The molecule has 1 atom stereocenters. The Labute approximate surface area is 178 Å². The SMILES string of the molecule is Cc1ccccc1O[C@H](C)C(=O)NCCOc1ccc(S(=O)(=O)N2CCCC2)cc1. The van der Waals surface area contributed by atoms with Crippen LogP contribution in [-0.4, -0.2) is 51.0 Å². The van der Waals surface area contributed by atoms with E-state index in [2.05, 4.69) is 5.32 Å². The van der Waals surface area contributed by atoms with Gasteiger partial charge < -0.3 is 14.8 Å². The molecule has 1 fully saturated rings. The van der Waals surface area contributed by atoms with Gasteiger partial charge in [-0.2, -0.15) is 4.31 Å². The Bertz CT molecular complexity index is 954. The number of carbonyl (C=O) groups is 1. The zero-order valence-corrected chi connectivity index (χ0v) is 18.2. The molecule has 30 heavy (non-hydrogen) atoms. The fourth-order valence-electron chi connectivity index (χ4n) is 3.20. The van der Waals surface area contributed by atoms with Crippen molar-refractivity contribution >= 4 is 15.9 Å². The molecule has 0 unspecified atom stereocenters. The van der Waals surface area contributed by atoms with Gasteiger partial charge in [0.1, 0.15) is 18.1 Å². The van der Waals surface area contributed by atoms with Gasteiger partial charge >= 0.3 is 0 Å². The molecule has 0 radical (unpaired) electrons. The van der Waals surface area contributed by atoms with Crippen LogP contribution in [0.2, 0.25) is 0 Å². The predicted molar refractivity (Wildman–Crippen MR) is 114 cm³/mol. The van der Waals surface area contributed by atoms with E-state index in [1.807, 2.05) is 31.2 Å². The van der Waals surface area contributed by atoms with Crippen molar-refractivity contribution in [2.45, 2.75) is 37.7 Å². The molecule has 1 aliphatic rings. The van der Waals surface area contributed by atoms with Crippen LogP contribution in [0.4, 0.5) is 0 Å². The van der Waals surface area contributed by atoms with Crippen molar-refractivity contribution in [2.75, 3.05) is 26.2 Å². The van der Waals surface area contributed by atoms with Gasteiger partial charge in [-0.1, -0.05) is 18.2 Å². The van der Waals surface area contributed by atoms with Gasteiger partial charge in [-0.05, 0) is 62.6 Å². The number of amides is 1. The number of aryl methyl sites for hydroxylation is 1. The highest BCUT2D eigenvalue weighted by atomic mass is 32.2. The van der Waals surface area contributed by atoms with Gasteiger partial charge in [0.05, 0.1) is 11.4 Å². The molecule has 7 nitrogen and oxygen atoms in total. The van der Waals surface area contributed by atoms with Gasteiger partial charge in [-0.15, -0.1) is 0 Å². The Kier molecular flexibility index (Phi) is 7.33. The molecule has 0 spiro atoms. The van der Waals surface area contributed by atoms with Crippen LogP contribution in [-0.2, 0) is 14.8 Å². The van der Waals surface area contributed by atoms with Crippen molar-refractivity contribution in [1.82, 2.24) is 9.62 Å². The molecule has 3 rings (SSSR count). The number of hydrogen-bond acceptors (Lipinski definition) is 5. The molecule has 0 bridgehead atoms. The summed E-state index contributed by atoms with van der Waals surface area (Å²) < 4.78 is 37.9. The van der Waals surface area contributed by atoms with Crippen LogP contribution in [0.25, 0.3) is 0 Å². The summed E-state index contributed by atoms with van der Waals surface area (Å²) in [6.45, 7) is 5.35. The zero-order chi connectivity index (χ0) is 21.6. The minimum atomic E-state index is -3.42. The van der Waals surface area contributed by atoms with Crippen molar-refractivity contribution in [3.05, 3.63) is 54.1 Å². The zero-order valence-electron chi connectivity index (χ0n) is 17.3. The molecule has 1 saturated heterocycles. The van der Waals surface area contributed by atoms with Crippen LogP contribution in [0, 0.1) is 6.92 Å². The van der Waals surface area contributed by atoms with E-state index in [0.717, 1.165) is 18.4 Å². The average Bonchev–Trinajstić information content (AvgIpc) is 3.29.